The van der Waals surface area contributed by atoms with Gasteiger partial charge in [0.2, 0.25) is 0 Å². The van der Waals surface area contributed by atoms with Gasteiger partial charge in [0.1, 0.15) is 0 Å². The van der Waals surface area contributed by atoms with E-state index in [9.17, 15) is 0 Å². The third kappa shape index (κ3) is 2.92. The molecule has 3 nitrogen and oxygen atoms in total. The zero-order valence-electron chi connectivity index (χ0n) is 10.0. The Hall–Kier alpha value is -0.120. The van der Waals surface area contributed by atoms with Gasteiger partial charge in [-0.05, 0) is 32.2 Å². The molecule has 0 radical (unpaired) electrons. The van der Waals surface area contributed by atoms with Crippen LogP contribution in [-0.2, 0) is 4.74 Å². The average Bonchev–Trinajstić information content (AvgIpc) is 2.29. The lowest BCUT2D eigenvalue weighted by Crippen LogP contribution is -2.53. The van der Waals surface area contributed by atoms with Gasteiger partial charge >= 0.3 is 0 Å². The third-order valence-electron chi connectivity index (χ3n) is 3.76. The van der Waals surface area contributed by atoms with Gasteiger partial charge in [-0.15, -0.1) is 0 Å². The summed E-state index contributed by atoms with van der Waals surface area (Å²) in [5, 5.41) is 3.41. The molecule has 2 fully saturated rings. The Kier molecular flexibility index (Phi) is 4.00. The second-order valence-corrected chi connectivity index (χ2v) is 5.10. The molecular weight excluding hydrogens is 188 g/mol. The van der Waals surface area contributed by atoms with E-state index in [1.807, 2.05) is 0 Å². The first kappa shape index (κ1) is 11.4. The fraction of sp³-hybridized carbons (Fsp3) is 1.00. The van der Waals surface area contributed by atoms with Crippen LogP contribution in [-0.4, -0.2) is 49.8 Å². The van der Waals surface area contributed by atoms with E-state index < -0.39 is 0 Å². The van der Waals surface area contributed by atoms with Crippen LogP contribution in [0.15, 0.2) is 0 Å². The van der Waals surface area contributed by atoms with Gasteiger partial charge < -0.3 is 10.1 Å². The lowest BCUT2D eigenvalue weighted by Gasteiger charge is -2.40. The van der Waals surface area contributed by atoms with Crippen LogP contribution in [0.1, 0.15) is 26.7 Å². The van der Waals surface area contributed by atoms with E-state index in [2.05, 4.69) is 24.1 Å². The van der Waals surface area contributed by atoms with Gasteiger partial charge in [0.15, 0.2) is 0 Å². The smallest absolute Gasteiger partial charge is 0.0852 e. The standard InChI is InChI=1S/C12H24N2O/c1-10-4-3-6-14(9-10)11(2)12-8-13-5-7-15-12/h10-13H,3-9H2,1-2H3. The maximum Gasteiger partial charge on any atom is 0.0852 e. The highest BCUT2D eigenvalue weighted by Gasteiger charge is 2.28. The van der Waals surface area contributed by atoms with Gasteiger partial charge in [0.05, 0.1) is 12.7 Å². The van der Waals surface area contributed by atoms with E-state index in [-0.39, 0.29) is 0 Å². The molecular formula is C12H24N2O. The lowest BCUT2D eigenvalue weighted by molar-refractivity contribution is -0.0347. The molecule has 3 atom stereocenters. The molecule has 3 unspecified atom stereocenters. The zero-order chi connectivity index (χ0) is 10.7. The predicted molar refractivity (Wildman–Crippen MR) is 62.0 cm³/mol. The second-order valence-electron chi connectivity index (χ2n) is 5.10. The summed E-state index contributed by atoms with van der Waals surface area (Å²) in [6, 6.07) is 0.570. The molecule has 88 valence electrons. The third-order valence-corrected chi connectivity index (χ3v) is 3.76. The number of piperidine rings is 1. The quantitative estimate of drug-likeness (QED) is 0.742. The summed E-state index contributed by atoms with van der Waals surface area (Å²) in [4.78, 5) is 2.60. The summed E-state index contributed by atoms with van der Waals surface area (Å²) in [6.07, 6.45) is 3.14. The largest absolute Gasteiger partial charge is 0.374 e. The first-order valence-electron chi connectivity index (χ1n) is 6.33. The monoisotopic (exact) mass is 212 g/mol. The van der Waals surface area contributed by atoms with E-state index in [0.29, 0.717) is 12.1 Å². The van der Waals surface area contributed by atoms with Crippen molar-refractivity contribution in [3.05, 3.63) is 0 Å². The van der Waals surface area contributed by atoms with Crippen molar-refractivity contribution in [2.24, 2.45) is 5.92 Å². The van der Waals surface area contributed by atoms with Crippen LogP contribution in [0.25, 0.3) is 0 Å². The summed E-state index contributed by atoms with van der Waals surface area (Å²) >= 11 is 0. The summed E-state index contributed by atoms with van der Waals surface area (Å²) in [6.45, 7) is 10.1. The minimum absolute atomic E-state index is 0.393. The molecule has 2 heterocycles. The Bertz CT molecular complexity index is 192. The normalized spacial score (nSPS) is 36.4. The number of ether oxygens (including phenoxy) is 1. The molecule has 0 spiro atoms. The van der Waals surface area contributed by atoms with Crippen molar-refractivity contribution in [3.63, 3.8) is 0 Å². The Balaban J connectivity index is 1.85. The zero-order valence-corrected chi connectivity index (χ0v) is 10.0. The van der Waals surface area contributed by atoms with Gasteiger partial charge in [0.25, 0.3) is 0 Å². The number of likely N-dealkylation sites (tertiary alicyclic amines) is 1. The number of nitrogens with one attached hydrogen (secondary N) is 1. The summed E-state index contributed by atoms with van der Waals surface area (Å²) in [5.41, 5.74) is 0. The Morgan fingerprint density at radius 3 is 3.00 bits per heavy atom. The number of morpholine rings is 1. The van der Waals surface area contributed by atoms with Gasteiger partial charge in [-0.25, -0.2) is 0 Å². The van der Waals surface area contributed by atoms with Crippen LogP contribution in [0.5, 0.6) is 0 Å². The van der Waals surface area contributed by atoms with Crippen molar-refractivity contribution < 1.29 is 4.74 Å². The number of hydrogen-bond acceptors (Lipinski definition) is 3. The molecule has 0 aromatic carbocycles. The molecule has 2 rings (SSSR count). The maximum atomic E-state index is 5.82. The highest BCUT2D eigenvalue weighted by Crippen LogP contribution is 2.20. The van der Waals surface area contributed by atoms with Crippen LogP contribution in [0, 0.1) is 5.92 Å². The van der Waals surface area contributed by atoms with Crippen LogP contribution in [0.3, 0.4) is 0 Å². The van der Waals surface area contributed by atoms with Crippen molar-refractivity contribution in [2.75, 3.05) is 32.8 Å². The fourth-order valence-corrected chi connectivity index (χ4v) is 2.73. The van der Waals surface area contributed by atoms with E-state index in [1.165, 1.54) is 25.9 Å². The molecule has 2 aliphatic rings. The average molecular weight is 212 g/mol. The molecule has 15 heavy (non-hydrogen) atoms. The highest BCUT2D eigenvalue weighted by molar-refractivity contribution is 4.83. The summed E-state index contributed by atoms with van der Waals surface area (Å²) in [7, 11) is 0. The lowest BCUT2D eigenvalue weighted by atomic mass is 9.97. The fourth-order valence-electron chi connectivity index (χ4n) is 2.73. The van der Waals surface area contributed by atoms with Gasteiger partial charge in [-0.1, -0.05) is 6.92 Å². The molecule has 3 heteroatoms. The minimum Gasteiger partial charge on any atom is -0.374 e. The van der Waals surface area contributed by atoms with Crippen LogP contribution in [0.2, 0.25) is 0 Å². The van der Waals surface area contributed by atoms with E-state index in [0.717, 1.165) is 25.6 Å². The topological polar surface area (TPSA) is 24.5 Å². The maximum absolute atomic E-state index is 5.82. The van der Waals surface area contributed by atoms with Crippen LogP contribution < -0.4 is 5.32 Å². The van der Waals surface area contributed by atoms with Crippen LogP contribution >= 0.6 is 0 Å². The van der Waals surface area contributed by atoms with E-state index >= 15 is 0 Å². The SMILES string of the molecule is CC1CCCN(C(C)C2CNCCO2)C1. The molecule has 2 saturated heterocycles. The number of rotatable bonds is 2. The first-order chi connectivity index (χ1) is 7.27. The Morgan fingerprint density at radius 1 is 1.47 bits per heavy atom. The second kappa shape index (κ2) is 5.28. The van der Waals surface area contributed by atoms with Gasteiger partial charge in [-0.2, -0.15) is 0 Å². The van der Waals surface area contributed by atoms with Crippen molar-refractivity contribution in [3.8, 4) is 0 Å². The molecule has 1 N–H and O–H groups in total. The molecule has 0 aromatic heterocycles. The molecule has 2 aliphatic heterocycles. The Morgan fingerprint density at radius 2 is 2.33 bits per heavy atom. The number of hydrogen-bond donors (Lipinski definition) is 1. The molecule has 0 aromatic rings. The van der Waals surface area contributed by atoms with Gasteiger partial charge in [0, 0.05) is 25.7 Å². The molecule has 0 bridgehead atoms. The summed E-state index contributed by atoms with van der Waals surface area (Å²) < 4.78 is 5.82. The van der Waals surface area contributed by atoms with E-state index in [4.69, 9.17) is 4.74 Å². The molecule has 0 saturated carbocycles. The first-order valence-corrected chi connectivity index (χ1v) is 6.33. The van der Waals surface area contributed by atoms with Crippen molar-refractivity contribution in [1.29, 1.82) is 0 Å². The number of nitrogens with zero attached hydrogens (tertiary/aromatic N) is 1. The molecule has 0 amide bonds. The van der Waals surface area contributed by atoms with Gasteiger partial charge in [-0.3, -0.25) is 4.90 Å². The molecule has 0 aliphatic carbocycles. The Labute approximate surface area is 93.2 Å². The van der Waals surface area contributed by atoms with Crippen molar-refractivity contribution in [2.45, 2.75) is 38.8 Å². The highest BCUT2D eigenvalue weighted by atomic mass is 16.5. The van der Waals surface area contributed by atoms with E-state index in [1.54, 1.807) is 0 Å². The van der Waals surface area contributed by atoms with Crippen LogP contribution in [0.4, 0.5) is 0 Å². The minimum atomic E-state index is 0.393. The summed E-state index contributed by atoms with van der Waals surface area (Å²) in [5.74, 6) is 0.859. The van der Waals surface area contributed by atoms with Crippen molar-refractivity contribution >= 4 is 0 Å². The van der Waals surface area contributed by atoms with Crippen molar-refractivity contribution in [1.82, 2.24) is 10.2 Å². The predicted octanol–water partition coefficient (Wildman–Crippen LogP) is 1.10.